The number of aromatic amines is 2. The number of aromatic nitrogens is 3. The van der Waals surface area contributed by atoms with Gasteiger partial charge in [-0.3, -0.25) is 4.79 Å². The van der Waals surface area contributed by atoms with Gasteiger partial charge >= 0.3 is 5.69 Å². The molecule has 2 aromatic heterocycles. The van der Waals surface area contributed by atoms with E-state index in [4.69, 9.17) is 4.74 Å². The van der Waals surface area contributed by atoms with Gasteiger partial charge in [0, 0.05) is 18.0 Å². The zero-order valence-corrected chi connectivity index (χ0v) is 11.1. The number of H-pyrrole nitrogens is 2. The van der Waals surface area contributed by atoms with E-state index >= 15 is 0 Å². The summed E-state index contributed by atoms with van der Waals surface area (Å²) < 4.78 is 4.94. The molecule has 3 aromatic rings. The second kappa shape index (κ2) is 5.12. The molecule has 7 heteroatoms. The molecule has 0 fully saturated rings. The summed E-state index contributed by atoms with van der Waals surface area (Å²) in [6.45, 7) is 0. The first-order valence-electron chi connectivity index (χ1n) is 6.19. The van der Waals surface area contributed by atoms with Crippen LogP contribution < -0.4 is 15.7 Å². The summed E-state index contributed by atoms with van der Waals surface area (Å²) in [5.74, 6) is 0.153. The first-order chi connectivity index (χ1) is 10.2. The van der Waals surface area contributed by atoms with Crippen LogP contribution in [0.4, 0.5) is 5.69 Å². The van der Waals surface area contributed by atoms with Crippen molar-refractivity contribution < 1.29 is 9.53 Å². The van der Waals surface area contributed by atoms with E-state index in [0.717, 1.165) is 0 Å². The van der Waals surface area contributed by atoms with Gasteiger partial charge in [0.1, 0.15) is 0 Å². The maximum Gasteiger partial charge on any atom is 0.323 e. The first kappa shape index (κ1) is 12.9. The van der Waals surface area contributed by atoms with Crippen LogP contribution >= 0.6 is 0 Å². The van der Waals surface area contributed by atoms with Gasteiger partial charge in [0.15, 0.2) is 0 Å². The average molecular weight is 284 g/mol. The van der Waals surface area contributed by atoms with E-state index in [-0.39, 0.29) is 11.6 Å². The smallest absolute Gasteiger partial charge is 0.323 e. The number of ether oxygens (including phenoxy) is 1. The van der Waals surface area contributed by atoms with Crippen molar-refractivity contribution in [3.8, 4) is 5.88 Å². The minimum atomic E-state index is -0.289. The quantitative estimate of drug-likeness (QED) is 0.678. The normalized spacial score (nSPS) is 10.5. The van der Waals surface area contributed by atoms with Crippen molar-refractivity contribution in [1.82, 2.24) is 15.0 Å². The molecule has 0 bridgehead atoms. The number of carbonyl (C=O) groups excluding carboxylic acids is 1. The van der Waals surface area contributed by atoms with Crippen LogP contribution in [0.25, 0.3) is 11.0 Å². The number of amides is 1. The highest BCUT2D eigenvalue weighted by Gasteiger charge is 2.08. The fraction of sp³-hybridized carbons (Fsp3) is 0.0714. The molecule has 0 aliphatic rings. The summed E-state index contributed by atoms with van der Waals surface area (Å²) in [6.07, 6.45) is 1.44. The maximum atomic E-state index is 12.1. The lowest BCUT2D eigenvalue weighted by Crippen LogP contribution is -2.12. The number of rotatable bonds is 3. The van der Waals surface area contributed by atoms with Gasteiger partial charge in [-0.25, -0.2) is 9.78 Å². The molecule has 3 N–H and O–H groups in total. The van der Waals surface area contributed by atoms with Crippen LogP contribution in [-0.4, -0.2) is 28.0 Å². The van der Waals surface area contributed by atoms with Gasteiger partial charge < -0.3 is 20.0 Å². The number of pyridine rings is 1. The van der Waals surface area contributed by atoms with Crippen molar-refractivity contribution in [2.24, 2.45) is 0 Å². The molecule has 0 aliphatic carbocycles. The predicted octanol–water partition coefficient (Wildman–Crippen LogP) is 1.51. The summed E-state index contributed by atoms with van der Waals surface area (Å²) in [5, 5.41) is 2.74. The van der Waals surface area contributed by atoms with Crippen LogP contribution in [0.5, 0.6) is 5.88 Å². The fourth-order valence-corrected chi connectivity index (χ4v) is 1.95. The van der Waals surface area contributed by atoms with Crippen LogP contribution in [0.1, 0.15) is 10.4 Å². The molecule has 106 valence electrons. The number of benzene rings is 1. The number of nitrogens with one attached hydrogen (secondary N) is 3. The number of imidazole rings is 1. The van der Waals surface area contributed by atoms with Crippen molar-refractivity contribution in [2.45, 2.75) is 0 Å². The number of carbonyl (C=O) groups is 1. The predicted molar refractivity (Wildman–Crippen MR) is 77.7 cm³/mol. The number of hydrogen-bond acceptors (Lipinski definition) is 4. The second-order valence-corrected chi connectivity index (χ2v) is 4.38. The second-order valence-electron chi connectivity index (χ2n) is 4.38. The molecule has 0 atom stereocenters. The molecule has 2 heterocycles. The van der Waals surface area contributed by atoms with E-state index in [1.165, 1.54) is 13.3 Å². The molecule has 21 heavy (non-hydrogen) atoms. The highest BCUT2D eigenvalue weighted by Crippen LogP contribution is 2.16. The third-order valence-corrected chi connectivity index (χ3v) is 2.98. The molecule has 0 radical (unpaired) electrons. The maximum absolute atomic E-state index is 12.1. The highest BCUT2D eigenvalue weighted by molar-refractivity contribution is 6.04. The molecule has 0 saturated carbocycles. The lowest BCUT2D eigenvalue weighted by atomic mass is 10.2. The summed E-state index contributed by atoms with van der Waals surface area (Å²) in [7, 11) is 1.51. The van der Waals surface area contributed by atoms with E-state index in [9.17, 15) is 9.59 Å². The van der Waals surface area contributed by atoms with Gasteiger partial charge in [-0.05, 0) is 24.3 Å². The summed E-state index contributed by atoms with van der Waals surface area (Å²) in [5.41, 5.74) is 2.03. The van der Waals surface area contributed by atoms with Crippen molar-refractivity contribution >= 4 is 22.6 Å². The van der Waals surface area contributed by atoms with Gasteiger partial charge in [-0.2, -0.15) is 0 Å². The number of fused-ring (bicyclic) bond motifs is 1. The Morgan fingerprint density at radius 2 is 2.00 bits per heavy atom. The van der Waals surface area contributed by atoms with Crippen LogP contribution in [0, 0.1) is 0 Å². The molecule has 0 saturated heterocycles. The largest absolute Gasteiger partial charge is 0.481 e. The standard InChI is InChI=1S/C14H12N4O3/c1-21-12-5-2-8(7-15-12)13(19)16-9-3-4-10-11(6-9)18-14(20)17-10/h2-7H,1H3,(H,16,19)(H2,17,18,20). The molecule has 1 aromatic carbocycles. The molecular weight excluding hydrogens is 272 g/mol. The molecule has 0 spiro atoms. The Bertz CT molecular complexity index is 849. The average Bonchev–Trinajstić information content (AvgIpc) is 2.86. The first-order valence-corrected chi connectivity index (χ1v) is 6.19. The minimum Gasteiger partial charge on any atom is -0.481 e. The third kappa shape index (κ3) is 2.62. The van der Waals surface area contributed by atoms with Gasteiger partial charge in [-0.15, -0.1) is 0 Å². The minimum absolute atomic E-state index is 0.284. The van der Waals surface area contributed by atoms with E-state index in [0.29, 0.717) is 28.2 Å². The van der Waals surface area contributed by atoms with Crippen LogP contribution in [0.2, 0.25) is 0 Å². The number of nitrogens with zero attached hydrogens (tertiary/aromatic N) is 1. The molecule has 3 rings (SSSR count). The van der Waals surface area contributed by atoms with Gasteiger partial charge in [0.25, 0.3) is 5.91 Å². The van der Waals surface area contributed by atoms with Gasteiger partial charge in [0.05, 0.1) is 23.7 Å². The Hall–Kier alpha value is -3.09. The topological polar surface area (TPSA) is 99.9 Å². The van der Waals surface area contributed by atoms with Gasteiger partial charge in [0.2, 0.25) is 5.88 Å². The molecule has 7 nitrogen and oxygen atoms in total. The lowest BCUT2D eigenvalue weighted by molar-refractivity contribution is 0.102. The van der Waals surface area contributed by atoms with Crippen molar-refractivity contribution in [3.63, 3.8) is 0 Å². The Morgan fingerprint density at radius 1 is 1.19 bits per heavy atom. The number of hydrogen-bond donors (Lipinski definition) is 3. The Kier molecular flexibility index (Phi) is 3.15. The summed E-state index contributed by atoms with van der Waals surface area (Å²) in [6, 6.07) is 8.35. The van der Waals surface area contributed by atoms with E-state index in [1.54, 1.807) is 30.3 Å². The van der Waals surface area contributed by atoms with Crippen molar-refractivity contribution in [2.75, 3.05) is 12.4 Å². The monoisotopic (exact) mass is 284 g/mol. The summed E-state index contributed by atoms with van der Waals surface area (Å²) >= 11 is 0. The Morgan fingerprint density at radius 3 is 2.71 bits per heavy atom. The van der Waals surface area contributed by atoms with Crippen molar-refractivity contribution in [1.29, 1.82) is 0 Å². The number of anilines is 1. The number of methoxy groups -OCH3 is 1. The highest BCUT2D eigenvalue weighted by atomic mass is 16.5. The van der Waals surface area contributed by atoms with Crippen LogP contribution in [-0.2, 0) is 0 Å². The van der Waals surface area contributed by atoms with E-state index < -0.39 is 0 Å². The fourth-order valence-electron chi connectivity index (χ4n) is 1.95. The van der Waals surface area contributed by atoms with Crippen LogP contribution in [0.15, 0.2) is 41.3 Å². The lowest BCUT2D eigenvalue weighted by Gasteiger charge is -2.05. The van der Waals surface area contributed by atoms with Crippen LogP contribution in [0.3, 0.4) is 0 Å². The molecular formula is C14H12N4O3. The zero-order chi connectivity index (χ0) is 14.8. The molecule has 0 aliphatic heterocycles. The molecule has 1 amide bonds. The Balaban J connectivity index is 1.82. The van der Waals surface area contributed by atoms with E-state index in [1.807, 2.05) is 0 Å². The Labute approximate surface area is 119 Å². The van der Waals surface area contributed by atoms with Crippen molar-refractivity contribution in [3.05, 3.63) is 52.6 Å². The summed E-state index contributed by atoms with van der Waals surface area (Å²) in [4.78, 5) is 32.5. The SMILES string of the molecule is COc1ccc(C(=O)Nc2ccc3[nH]c(=O)[nH]c3c2)cn1. The van der Waals surface area contributed by atoms with Gasteiger partial charge in [-0.1, -0.05) is 0 Å². The van der Waals surface area contributed by atoms with E-state index in [2.05, 4.69) is 20.3 Å². The third-order valence-electron chi connectivity index (χ3n) is 2.98. The zero-order valence-electron chi connectivity index (χ0n) is 11.1. The molecule has 0 unspecified atom stereocenters.